The predicted molar refractivity (Wildman–Crippen MR) is 98.0 cm³/mol. The summed E-state index contributed by atoms with van der Waals surface area (Å²) in [7, 11) is 3.27. The normalized spacial score (nSPS) is 15.1. The number of rotatable bonds is 4. The number of carbonyl (C=O) groups excluding carboxylic acids is 1. The molecule has 2 aromatic carbocycles. The average molecular weight is 353 g/mol. The first-order valence-electron chi connectivity index (χ1n) is 8.94. The average Bonchev–Trinajstić information content (AvgIpc) is 3.14. The molecule has 1 amide bonds. The minimum absolute atomic E-state index is 0.142. The van der Waals surface area contributed by atoms with Gasteiger partial charge in [0.25, 0.3) is 0 Å². The van der Waals surface area contributed by atoms with Crippen LogP contribution in [0.25, 0.3) is 0 Å². The van der Waals surface area contributed by atoms with E-state index >= 15 is 0 Å². The van der Waals surface area contributed by atoms with E-state index in [2.05, 4.69) is 6.07 Å². The Morgan fingerprint density at radius 3 is 2.58 bits per heavy atom. The lowest BCUT2D eigenvalue weighted by Gasteiger charge is -2.29. The number of fused-ring (bicyclic) bond motifs is 2. The highest BCUT2D eigenvalue weighted by Crippen LogP contribution is 2.33. The van der Waals surface area contributed by atoms with E-state index in [1.165, 1.54) is 11.1 Å². The zero-order chi connectivity index (χ0) is 18.1. The van der Waals surface area contributed by atoms with Crippen molar-refractivity contribution in [2.75, 3.05) is 27.4 Å². The molecule has 0 atom stereocenters. The van der Waals surface area contributed by atoms with Gasteiger partial charge in [-0.2, -0.15) is 0 Å². The maximum absolute atomic E-state index is 12.8. The Balaban J connectivity index is 1.48. The first-order valence-corrected chi connectivity index (χ1v) is 8.94. The third-order valence-electron chi connectivity index (χ3n) is 5.19. The van der Waals surface area contributed by atoms with Crippen LogP contribution in [-0.4, -0.2) is 38.2 Å². The summed E-state index contributed by atoms with van der Waals surface area (Å²) in [5, 5.41) is 0. The van der Waals surface area contributed by atoms with Crippen LogP contribution in [0.3, 0.4) is 0 Å². The van der Waals surface area contributed by atoms with E-state index in [4.69, 9.17) is 14.2 Å². The SMILES string of the molecule is COc1cc2c(cc1OC)CN(C(=O)Cc1ccc3c(c1)OCC3)CC2. The van der Waals surface area contributed by atoms with Crippen molar-refractivity contribution in [1.29, 1.82) is 0 Å². The van der Waals surface area contributed by atoms with E-state index < -0.39 is 0 Å². The third kappa shape index (κ3) is 3.09. The second kappa shape index (κ2) is 6.90. The highest BCUT2D eigenvalue weighted by molar-refractivity contribution is 5.79. The molecule has 5 nitrogen and oxygen atoms in total. The van der Waals surface area contributed by atoms with Crippen molar-refractivity contribution in [3.63, 3.8) is 0 Å². The summed E-state index contributed by atoms with van der Waals surface area (Å²) in [6.45, 7) is 2.07. The van der Waals surface area contributed by atoms with Crippen LogP contribution < -0.4 is 14.2 Å². The summed E-state index contributed by atoms with van der Waals surface area (Å²) in [6, 6.07) is 10.1. The molecular weight excluding hydrogens is 330 g/mol. The van der Waals surface area contributed by atoms with Crippen LogP contribution in [0.1, 0.15) is 22.3 Å². The van der Waals surface area contributed by atoms with Gasteiger partial charge < -0.3 is 19.1 Å². The number of benzene rings is 2. The van der Waals surface area contributed by atoms with Gasteiger partial charge in [-0.3, -0.25) is 4.79 Å². The Kier molecular flexibility index (Phi) is 4.45. The summed E-state index contributed by atoms with van der Waals surface area (Å²) in [5.74, 6) is 2.51. The predicted octanol–water partition coefficient (Wildman–Crippen LogP) is 2.77. The smallest absolute Gasteiger partial charge is 0.227 e. The quantitative estimate of drug-likeness (QED) is 0.848. The first-order chi connectivity index (χ1) is 12.7. The fraction of sp³-hybridized carbons (Fsp3) is 0.381. The zero-order valence-corrected chi connectivity index (χ0v) is 15.2. The van der Waals surface area contributed by atoms with Crippen LogP contribution in [-0.2, 0) is 30.6 Å². The van der Waals surface area contributed by atoms with Gasteiger partial charge in [-0.25, -0.2) is 0 Å². The van der Waals surface area contributed by atoms with Crippen molar-refractivity contribution in [2.24, 2.45) is 0 Å². The second-order valence-electron chi connectivity index (χ2n) is 6.76. The lowest BCUT2D eigenvalue weighted by atomic mass is 9.98. The molecule has 4 rings (SSSR count). The summed E-state index contributed by atoms with van der Waals surface area (Å²) in [6.07, 6.45) is 2.19. The van der Waals surface area contributed by atoms with Crippen molar-refractivity contribution in [1.82, 2.24) is 4.90 Å². The number of nitrogens with zero attached hydrogens (tertiary/aromatic N) is 1. The second-order valence-corrected chi connectivity index (χ2v) is 6.76. The first kappa shape index (κ1) is 16.8. The molecule has 2 heterocycles. The molecule has 0 bridgehead atoms. The fourth-order valence-electron chi connectivity index (χ4n) is 3.70. The van der Waals surface area contributed by atoms with Gasteiger partial charge in [0.15, 0.2) is 11.5 Å². The van der Waals surface area contributed by atoms with Crippen LogP contribution >= 0.6 is 0 Å². The summed E-state index contributed by atoms with van der Waals surface area (Å²) in [4.78, 5) is 14.7. The topological polar surface area (TPSA) is 48.0 Å². The fourth-order valence-corrected chi connectivity index (χ4v) is 3.70. The Morgan fingerprint density at radius 1 is 1.04 bits per heavy atom. The lowest BCUT2D eigenvalue weighted by molar-refractivity contribution is -0.131. The molecule has 0 saturated heterocycles. The summed E-state index contributed by atoms with van der Waals surface area (Å²) in [5.41, 5.74) is 4.58. The molecule has 0 saturated carbocycles. The van der Waals surface area contributed by atoms with Crippen LogP contribution in [0.5, 0.6) is 17.2 Å². The van der Waals surface area contributed by atoms with Gasteiger partial charge in [0.1, 0.15) is 5.75 Å². The van der Waals surface area contributed by atoms with Gasteiger partial charge in [0.05, 0.1) is 27.2 Å². The van der Waals surface area contributed by atoms with Crippen LogP contribution in [0.15, 0.2) is 30.3 Å². The van der Waals surface area contributed by atoms with E-state index in [0.29, 0.717) is 18.7 Å². The molecule has 2 aromatic rings. The van der Waals surface area contributed by atoms with E-state index in [9.17, 15) is 4.79 Å². The Labute approximate surface area is 153 Å². The lowest BCUT2D eigenvalue weighted by Crippen LogP contribution is -2.36. The molecule has 0 fully saturated rings. The van der Waals surface area contributed by atoms with E-state index in [0.717, 1.165) is 48.6 Å². The maximum Gasteiger partial charge on any atom is 0.227 e. The van der Waals surface area contributed by atoms with E-state index in [1.807, 2.05) is 29.2 Å². The number of amides is 1. The molecule has 5 heteroatoms. The zero-order valence-electron chi connectivity index (χ0n) is 15.2. The van der Waals surface area contributed by atoms with Crippen molar-refractivity contribution < 1.29 is 19.0 Å². The van der Waals surface area contributed by atoms with Gasteiger partial charge in [0, 0.05) is 19.5 Å². The molecule has 0 spiro atoms. The Morgan fingerprint density at radius 2 is 1.81 bits per heavy atom. The largest absolute Gasteiger partial charge is 0.493 e. The highest BCUT2D eigenvalue weighted by atomic mass is 16.5. The van der Waals surface area contributed by atoms with Gasteiger partial charge >= 0.3 is 0 Å². The number of hydrogen-bond donors (Lipinski definition) is 0. The molecule has 26 heavy (non-hydrogen) atoms. The molecule has 2 aliphatic heterocycles. The van der Waals surface area contributed by atoms with Crippen molar-refractivity contribution in [3.05, 3.63) is 52.6 Å². The van der Waals surface area contributed by atoms with E-state index in [-0.39, 0.29) is 5.91 Å². The summed E-state index contributed by atoms with van der Waals surface area (Å²) >= 11 is 0. The van der Waals surface area contributed by atoms with Crippen molar-refractivity contribution in [3.8, 4) is 17.2 Å². The van der Waals surface area contributed by atoms with Crippen LogP contribution in [0, 0.1) is 0 Å². The molecular formula is C21H23NO4. The monoisotopic (exact) mass is 353 g/mol. The number of carbonyl (C=O) groups is 1. The Bertz CT molecular complexity index is 846. The standard InChI is InChI=1S/C21H23NO4/c1-24-19-11-16-5-7-22(13-17(16)12-20(19)25-2)21(23)10-14-3-4-15-6-8-26-18(15)9-14/h3-4,9,11-12H,5-8,10,13H2,1-2H3. The summed E-state index contributed by atoms with van der Waals surface area (Å²) < 4.78 is 16.4. The molecule has 0 aliphatic carbocycles. The van der Waals surface area contributed by atoms with Crippen LogP contribution in [0.4, 0.5) is 0 Å². The molecule has 0 N–H and O–H groups in total. The van der Waals surface area contributed by atoms with Gasteiger partial charge in [-0.1, -0.05) is 12.1 Å². The third-order valence-corrected chi connectivity index (χ3v) is 5.19. The molecule has 2 aliphatic rings. The molecule has 136 valence electrons. The van der Waals surface area contributed by atoms with Gasteiger partial charge in [0.2, 0.25) is 5.91 Å². The molecule has 0 aromatic heterocycles. The van der Waals surface area contributed by atoms with Crippen molar-refractivity contribution >= 4 is 5.91 Å². The number of ether oxygens (including phenoxy) is 3. The maximum atomic E-state index is 12.8. The molecule has 0 unspecified atom stereocenters. The molecule has 0 radical (unpaired) electrons. The number of methoxy groups -OCH3 is 2. The van der Waals surface area contributed by atoms with E-state index in [1.54, 1.807) is 14.2 Å². The van der Waals surface area contributed by atoms with Gasteiger partial charge in [-0.15, -0.1) is 0 Å². The van der Waals surface area contributed by atoms with Gasteiger partial charge in [-0.05, 0) is 46.9 Å². The minimum Gasteiger partial charge on any atom is -0.493 e. The number of hydrogen-bond acceptors (Lipinski definition) is 4. The van der Waals surface area contributed by atoms with Crippen molar-refractivity contribution in [2.45, 2.75) is 25.8 Å². The van der Waals surface area contributed by atoms with Crippen LogP contribution in [0.2, 0.25) is 0 Å². The Hall–Kier alpha value is -2.69. The highest BCUT2D eigenvalue weighted by Gasteiger charge is 2.23. The minimum atomic E-state index is 0.142.